The van der Waals surface area contributed by atoms with E-state index >= 15 is 0 Å². The number of hydrogen-bond donors (Lipinski definition) is 3. The number of pyridine rings is 1. The molecule has 3 heterocycles. The second-order valence-corrected chi connectivity index (χ2v) is 9.52. The molecule has 1 aliphatic heterocycles. The predicted molar refractivity (Wildman–Crippen MR) is 137 cm³/mol. The van der Waals surface area contributed by atoms with Crippen LogP contribution in [0.1, 0.15) is 25.6 Å². The van der Waals surface area contributed by atoms with Crippen LogP contribution in [0.25, 0.3) is 0 Å². The number of amides is 2. The van der Waals surface area contributed by atoms with Gasteiger partial charge in [-0.15, -0.1) is 11.3 Å². The summed E-state index contributed by atoms with van der Waals surface area (Å²) < 4.78 is 5.44. The fourth-order valence-corrected chi connectivity index (χ4v) is 4.79. The molecule has 0 radical (unpaired) electrons. The van der Waals surface area contributed by atoms with E-state index in [4.69, 9.17) is 39.5 Å². The summed E-state index contributed by atoms with van der Waals surface area (Å²) in [5.74, 6) is -1.41. The number of thiophene rings is 1. The van der Waals surface area contributed by atoms with E-state index in [1.807, 2.05) is 7.05 Å². The summed E-state index contributed by atoms with van der Waals surface area (Å²) in [6.07, 6.45) is 1.37. The lowest BCUT2D eigenvalue weighted by atomic mass is 10.1. The SMILES string of the molecule is CN(Cc1csc(C(=O)Nc2c(O)cc(Cl)cc2C(=O)Nc2ccc(Cl)cn2)c1Cl)C1=NCCO1. The molecule has 13 heteroatoms. The Balaban J connectivity index is 1.55. The van der Waals surface area contributed by atoms with E-state index in [1.165, 1.54) is 24.4 Å². The third-order valence-electron chi connectivity index (χ3n) is 4.84. The Labute approximate surface area is 219 Å². The third kappa shape index (κ3) is 5.79. The number of carbonyl (C=O) groups excluding carboxylic acids is 2. The number of nitrogens with one attached hydrogen (secondary N) is 2. The molecule has 0 unspecified atom stereocenters. The number of nitrogens with zero attached hydrogens (tertiary/aromatic N) is 3. The molecule has 1 aliphatic rings. The number of anilines is 2. The summed E-state index contributed by atoms with van der Waals surface area (Å²) in [7, 11) is 1.81. The maximum Gasteiger partial charge on any atom is 0.287 e. The number of phenols is 1. The number of benzene rings is 1. The topological polar surface area (TPSA) is 116 Å². The number of amidine groups is 1. The predicted octanol–water partition coefficient (Wildman–Crippen LogP) is 5.13. The number of ether oxygens (including phenoxy) is 1. The highest BCUT2D eigenvalue weighted by molar-refractivity contribution is 7.13. The van der Waals surface area contributed by atoms with Crippen LogP contribution in [0.15, 0.2) is 40.8 Å². The first-order chi connectivity index (χ1) is 16.7. The highest BCUT2D eigenvalue weighted by Crippen LogP contribution is 2.35. The molecule has 0 bridgehead atoms. The standard InChI is InChI=1S/C22H18Cl3N5O4S/c1-30(22-26-4-5-34-22)9-11-10-35-19(17(11)25)21(33)29-18-14(6-13(24)7-15(18)31)20(32)28-16-3-2-12(23)8-27-16/h2-3,6-8,10,31H,4-5,9H2,1H3,(H,29,33)(H,27,28,32). The number of hydrogen-bond acceptors (Lipinski definition) is 8. The summed E-state index contributed by atoms with van der Waals surface area (Å²) in [5, 5.41) is 18.1. The molecule has 4 rings (SSSR count). The van der Waals surface area contributed by atoms with Crippen LogP contribution in [0.5, 0.6) is 5.75 Å². The van der Waals surface area contributed by atoms with Gasteiger partial charge in [0.05, 0.1) is 27.8 Å². The molecular weight excluding hydrogens is 537 g/mol. The molecule has 3 N–H and O–H groups in total. The molecule has 0 saturated carbocycles. The first kappa shape index (κ1) is 25.1. The Morgan fingerprint density at radius 2 is 1.97 bits per heavy atom. The van der Waals surface area contributed by atoms with Crippen molar-refractivity contribution in [2.45, 2.75) is 6.54 Å². The van der Waals surface area contributed by atoms with Crippen LogP contribution in [0.4, 0.5) is 11.5 Å². The molecule has 0 aliphatic carbocycles. The van der Waals surface area contributed by atoms with Gasteiger partial charge in [0.2, 0.25) is 0 Å². The molecule has 0 spiro atoms. The van der Waals surface area contributed by atoms with E-state index in [-0.39, 0.29) is 37.7 Å². The zero-order chi connectivity index (χ0) is 25.1. The van der Waals surface area contributed by atoms with E-state index in [2.05, 4.69) is 20.6 Å². The van der Waals surface area contributed by atoms with Crippen molar-refractivity contribution < 1.29 is 19.4 Å². The smallest absolute Gasteiger partial charge is 0.287 e. The minimum absolute atomic E-state index is 0.0656. The van der Waals surface area contributed by atoms with Crippen LogP contribution in [0.3, 0.4) is 0 Å². The van der Waals surface area contributed by atoms with E-state index in [0.29, 0.717) is 36.3 Å². The Bertz CT molecular complexity index is 1310. The zero-order valence-corrected chi connectivity index (χ0v) is 21.2. The van der Waals surface area contributed by atoms with Gasteiger partial charge in [0.1, 0.15) is 23.1 Å². The van der Waals surface area contributed by atoms with Gasteiger partial charge < -0.3 is 25.4 Å². The summed E-state index contributed by atoms with van der Waals surface area (Å²) in [6, 6.07) is 6.11. The van der Waals surface area contributed by atoms with Crippen LogP contribution < -0.4 is 10.6 Å². The first-order valence-corrected chi connectivity index (χ1v) is 12.1. The zero-order valence-electron chi connectivity index (χ0n) is 18.1. The highest BCUT2D eigenvalue weighted by Gasteiger charge is 2.24. The van der Waals surface area contributed by atoms with Gasteiger partial charge in [-0.1, -0.05) is 34.8 Å². The summed E-state index contributed by atoms with van der Waals surface area (Å²) >= 11 is 19.5. The number of aliphatic imine (C=N–C) groups is 1. The fourth-order valence-electron chi connectivity index (χ4n) is 3.22. The van der Waals surface area contributed by atoms with Crippen molar-refractivity contribution in [2.75, 3.05) is 30.8 Å². The molecule has 35 heavy (non-hydrogen) atoms. The Hall–Kier alpha value is -3.05. The van der Waals surface area contributed by atoms with Gasteiger partial charge in [0.15, 0.2) is 0 Å². The lowest BCUT2D eigenvalue weighted by Crippen LogP contribution is -2.26. The lowest BCUT2D eigenvalue weighted by molar-refractivity contribution is 0.102. The Morgan fingerprint density at radius 1 is 1.17 bits per heavy atom. The van der Waals surface area contributed by atoms with E-state index in [0.717, 1.165) is 11.3 Å². The van der Waals surface area contributed by atoms with Gasteiger partial charge in [-0.3, -0.25) is 9.59 Å². The second kappa shape index (κ2) is 10.7. The van der Waals surface area contributed by atoms with E-state index in [1.54, 1.807) is 16.3 Å². The summed E-state index contributed by atoms with van der Waals surface area (Å²) in [6.45, 7) is 1.51. The van der Waals surface area contributed by atoms with E-state index < -0.39 is 11.8 Å². The average molecular weight is 555 g/mol. The van der Waals surface area contributed by atoms with Crippen molar-refractivity contribution in [3.63, 3.8) is 0 Å². The Kier molecular flexibility index (Phi) is 7.66. The lowest BCUT2D eigenvalue weighted by Gasteiger charge is -2.17. The fraction of sp³-hybridized carbons (Fsp3) is 0.182. The first-order valence-electron chi connectivity index (χ1n) is 10.1. The van der Waals surface area contributed by atoms with Gasteiger partial charge in [0, 0.05) is 36.4 Å². The molecule has 0 atom stereocenters. The number of halogens is 3. The van der Waals surface area contributed by atoms with Crippen LogP contribution in [-0.2, 0) is 11.3 Å². The average Bonchev–Trinajstić information content (AvgIpc) is 3.47. The normalized spacial score (nSPS) is 12.6. The summed E-state index contributed by atoms with van der Waals surface area (Å²) in [4.78, 5) is 36.2. The quantitative estimate of drug-likeness (QED) is 0.364. The molecule has 2 aromatic heterocycles. The molecular formula is C22H18Cl3N5O4S. The van der Waals surface area contributed by atoms with Crippen LogP contribution in [-0.4, -0.2) is 53.0 Å². The molecule has 182 valence electrons. The highest BCUT2D eigenvalue weighted by atomic mass is 35.5. The van der Waals surface area contributed by atoms with Crippen molar-refractivity contribution in [3.05, 3.63) is 66.9 Å². The van der Waals surface area contributed by atoms with Crippen molar-refractivity contribution in [1.29, 1.82) is 0 Å². The second-order valence-electron chi connectivity index (χ2n) is 7.39. The third-order valence-corrected chi connectivity index (χ3v) is 6.86. The minimum atomic E-state index is -0.648. The maximum atomic E-state index is 13.0. The van der Waals surface area contributed by atoms with Crippen molar-refractivity contribution >= 4 is 75.5 Å². The molecule has 0 fully saturated rings. The number of phenolic OH excluding ortho intramolecular Hbond substituents is 1. The van der Waals surface area contributed by atoms with Gasteiger partial charge >= 0.3 is 0 Å². The van der Waals surface area contributed by atoms with E-state index in [9.17, 15) is 14.7 Å². The largest absolute Gasteiger partial charge is 0.506 e. The van der Waals surface area contributed by atoms with Gasteiger partial charge in [-0.25, -0.2) is 9.98 Å². The van der Waals surface area contributed by atoms with Crippen LogP contribution in [0, 0.1) is 0 Å². The molecule has 3 aromatic rings. The number of rotatable bonds is 6. The van der Waals surface area contributed by atoms with Crippen molar-refractivity contribution in [2.24, 2.45) is 4.99 Å². The number of aromatic nitrogens is 1. The Morgan fingerprint density at radius 3 is 2.66 bits per heavy atom. The molecule has 1 aromatic carbocycles. The van der Waals surface area contributed by atoms with Gasteiger partial charge in [-0.05, 0) is 23.6 Å². The molecule has 0 saturated heterocycles. The van der Waals surface area contributed by atoms with Crippen LogP contribution >= 0.6 is 46.1 Å². The van der Waals surface area contributed by atoms with Crippen LogP contribution in [0.2, 0.25) is 15.1 Å². The maximum absolute atomic E-state index is 13.0. The molecule has 2 amide bonds. The number of carbonyl (C=O) groups is 2. The number of aromatic hydroxyl groups is 1. The summed E-state index contributed by atoms with van der Waals surface area (Å²) in [5.41, 5.74) is 0.515. The minimum Gasteiger partial charge on any atom is -0.506 e. The van der Waals surface area contributed by atoms with Crippen molar-refractivity contribution in [3.8, 4) is 5.75 Å². The van der Waals surface area contributed by atoms with Crippen molar-refractivity contribution in [1.82, 2.24) is 9.88 Å². The van der Waals surface area contributed by atoms with Gasteiger partial charge in [-0.2, -0.15) is 0 Å². The van der Waals surface area contributed by atoms with Gasteiger partial charge in [0.25, 0.3) is 17.8 Å². The molecule has 9 nitrogen and oxygen atoms in total. The monoisotopic (exact) mass is 553 g/mol.